The van der Waals surface area contributed by atoms with E-state index in [1.165, 1.54) is 0 Å². The number of nitrogens with zero attached hydrogens (tertiary/aromatic N) is 2. The van der Waals surface area contributed by atoms with Gasteiger partial charge in [-0.2, -0.15) is 0 Å². The first kappa shape index (κ1) is 11.1. The average Bonchev–Trinajstić information content (AvgIpc) is 2.39. The van der Waals surface area contributed by atoms with Crippen molar-refractivity contribution in [1.29, 1.82) is 0 Å². The Balaban J connectivity index is 2.04. The van der Waals surface area contributed by atoms with Gasteiger partial charge in [0.25, 0.3) is 0 Å². The Kier molecular flexibility index (Phi) is 3.51. The maximum atomic E-state index is 12.1. The van der Waals surface area contributed by atoms with Gasteiger partial charge in [0.1, 0.15) is 5.82 Å². The van der Waals surface area contributed by atoms with Crippen molar-refractivity contribution in [2.24, 2.45) is 5.92 Å². The number of nitrogens with one attached hydrogen (secondary N) is 1. The van der Waals surface area contributed by atoms with Crippen molar-refractivity contribution in [3.8, 4) is 0 Å². The molecule has 2 rings (SSSR count). The summed E-state index contributed by atoms with van der Waals surface area (Å²) in [6.45, 7) is 1.81. The van der Waals surface area contributed by atoms with Crippen LogP contribution in [0.15, 0.2) is 24.4 Å². The van der Waals surface area contributed by atoms with Gasteiger partial charge in [-0.15, -0.1) is 0 Å². The highest BCUT2D eigenvalue weighted by molar-refractivity contribution is 5.93. The lowest BCUT2D eigenvalue weighted by Gasteiger charge is -2.26. The Morgan fingerprint density at radius 1 is 1.56 bits per heavy atom. The first-order valence-corrected chi connectivity index (χ1v) is 5.68. The van der Waals surface area contributed by atoms with E-state index in [4.69, 9.17) is 0 Å². The molecule has 1 saturated heterocycles. The molecule has 1 amide bonds. The fourth-order valence-corrected chi connectivity index (χ4v) is 2.00. The molecule has 1 atom stereocenters. The quantitative estimate of drug-likeness (QED) is 0.808. The molecule has 4 heteroatoms. The minimum absolute atomic E-state index is 0.0979. The van der Waals surface area contributed by atoms with E-state index in [2.05, 4.69) is 10.3 Å². The van der Waals surface area contributed by atoms with Gasteiger partial charge in [0.05, 0.1) is 5.92 Å². The lowest BCUT2D eigenvalue weighted by molar-refractivity contribution is -0.122. The van der Waals surface area contributed by atoms with E-state index < -0.39 is 0 Å². The van der Waals surface area contributed by atoms with Crippen LogP contribution in [0.4, 0.5) is 5.82 Å². The number of carbonyl (C=O) groups excluding carboxylic acids is 1. The second-order valence-electron chi connectivity index (χ2n) is 4.13. The minimum atomic E-state index is 0.0979. The van der Waals surface area contributed by atoms with Crippen LogP contribution in [0.25, 0.3) is 0 Å². The van der Waals surface area contributed by atoms with Crippen LogP contribution in [0, 0.1) is 5.92 Å². The van der Waals surface area contributed by atoms with E-state index in [-0.39, 0.29) is 11.8 Å². The van der Waals surface area contributed by atoms with Crippen LogP contribution in [0.5, 0.6) is 0 Å². The first-order valence-electron chi connectivity index (χ1n) is 5.68. The molecule has 0 bridgehead atoms. The SMILES string of the molecule is CN(C(=O)C1CCCNC1)c1ccccn1. The Hall–Kier alpha value is -1.42. The van der Waals surface area contributed by atoms with Crippen molar-refractivity contribution in [3.05, 3.63) is 24.4 Å². The highest BCUT2D eigenvalue weighted by Gasteiger charge is 2.24. The van der Waals surface area contributed by atoms with Crippen molar-refractivity contribution in [2.45, 2.75) is 12.8 Å². The van der Waals surface area contributed by atoms with Crippen LogP contribution in [0.3, 0.4) is 0 Å². The lowest BCUT2D eigenvalue weighted by Crippen LogP contribution is -2.41. The normalized spacial score (nSPS) is 20.4. The molecule has 1 aliphatic heterocycles. The largest absolute Gasteiger partial charge is 0.316 e. The molecule has 1 N–H and O–H groups in total. The molecular formula is C12H17N3O. The molecule has 1 aliphatic rings. The first-order chi connectivity index (χ1) is 7.79. The zero-order valence-electron chi connectivity index (χ0n) is 9.52. The van der Waals surface area contributed by atoms with Crippen molar-refractivity contribution < 1.29 is 4.79 Å². The van der Waals surface area contributed by atoms with Crippen molar-refractivity contribution in [1.82, 2.24) is 10.3 Å². The van der Waals surface area contributed by atoms with Gasteiger partial charge in [-0.3, -0.25) is 9.69 Å². The standard InChI is InChI=1S/C12H17N3O/c1-15(11-6-2-3-8-14-11)12(16)10-5-4-7-13-9-10/h2-3,6,8,10,13H,4-5,7,9H2,1H3. The van der Waals surface area contributed by atoms with E-state index in [1.54, 1.807) is 18.1 Å². The number of pyridine rings is 1. The van der Waals surface area contributed by atoms with Gasteiger partial charge < -0.3 is 5.32 Å². The number of anilines is 1. The van der Waals surface area contributed by atoms with Gasteiger partial charge in [-0.25, -0.2) is 4.98 Å². The van der Waals surface area contributed by atoms with Crippen LogP contribution in [-0.2, 0) is 4.79 Å². The van der Waals surface area contributed by atoms with Gasteiger partial charge in [0, 0.05) is 19.8 Å². The Morgan fingerprint density at radius 2 is 2.44 bits per heavy atom. The molecule has 2 heterocycles. The summed E-state index contributed by atoms with van der Waals surface area (Å²) >= 11 is 0. The van der Waals surface area contributed by atoms with Gasteiger partial charge in [0.2, 0.25) is 5.91 Å². The van der Waals surface area contributed by atoms with E-state index in [0.717, 1.165) is 31.7 Å². The maximum Gasteiger partial charge on any atom is 0.232 e. The van der Waals surface area contributed by atoms with Gasteiger partial charge in [-0.1, -0.05) is 6.07 Å². The molecule has 0 aromatic carbocycles. The van der Waals surface area contributed by atoms with Gasteiger partial charge in [0.15, 0.2) is 0 Å². The summed E-state index contributed by atoms with van der Waals surface area (Å²) in [5.41, 5.74) is 0. The smallest absolute Gasteiger partial charge is 0.232 e. The van der Waals surface area contributed by atoms with Crippen LogP contribution in [-0.4, -0.2) is 31.0 Å². The molecule has 0 saturated carbocycles. The fourth-order valence-electron chi connectivity index (χ4n) is 2.00. The number of aromatic nitrogens is 1. The minimum Gasteiger partial charge on any atom is -0.316 e. The molecule has 0 radical (unpaired) electrons. The lowest BCUT2D eigenvalue weighted by atomic mass is 9.98. The van der Waals surface area contributed by atoms with E-state index in [9.17, 15) is 4.79 Å². The Labute approximate surface area is 95.7 Å². The molecular weight excluding hydrogens is 202 g/mol. The molecule has 1 unspecified atom stereocenters. The van der Waals surface area contributed by atoms with E-state index in [1.807, 2.05) is 18.2 Å². The Bertz CT molecular complexity index is 347. The van der Waals surface area contributed by atoms with Crippen LogP contribution < -0.4 is 10.2 Å². The van der Waals surface area contributed by atoms with Crippen LogP contribution >= 0.6 is 0 Å². The highest BCUT2D eigenvalue weighted by Crippen LogP contribution is 2.16. The molecule has 16 heavy (non-hydrogen) atoms. The molecule has 1 aromatic rings. The third kappa shape index (κ3) is 2.39. The summed E-state index contributed by atoms with van der Waals surface area (Å²) < 4.78 is 0. The molecule has 4 nitrogen and oxygen atoms in total. The predicted molar refractivity (Wildman–Crippen MR) is 63.2 cm³/mol. The zero-order chi connectivity index (χ0) is 11.4. The van der Waals surface area contributed by atoms with Crippen molar-refractivity contribution in [2.75, 3.05) is 25.0 Å². The summed E-state index contributed by atoms with van der Waals surface area (Å²) in [4.78, 5) is 18.0. The summed E-state index contributed by atoms with van der Waals surface area (Å²) in [5.74, 6) is 0.977. The molecule has 0 aliphatic carbocycles. The van der Waals surface area contributed by atoms with E-state index >= 15 is 0 Å². The second kappa shape index (κ2) is 5.07. The number of hydrogen-bond acceptors (Lipinski definition) is 3. The number of rotatable bonds is 2. The van der Waals surface area contributed by atoms with E-state index in [0.29, 0.717) is 0 Å². The molecule has 0 spiro atoms. The van der Waals surface area contributed by atoms with Crippen molar-refractivity contribution in [3.63, 3.8) is 0 Å². The number of piperidine rings is 1. The fraction of sp³-hybridized carbons (Fsp3) is 0.500. The highest BCUT2D eigenvalue weighted by atomic mass is 16.2. The molecule has 1 fully saturated rings. The topological polar surface area (TPSA) is 45.2 Å². The van der Waals surface area contributed by atoms with Crippen LogP contribution in [0.1, 0.15) is 12.8 Å². The zero-order valence-corrected chi connectivity index (χ0v) is 9.52. The summed E-state index contributed by atoms with van der Waals surface area (Å²) in [7, 11) is 1.79. The van der Waals surface area contributed by atoms with Gasteiger partial charge >= 0.3 is 0 Å². The summed E-state index contributed by atoms with van der Waals surface area (Å²) in [6, 6.07) is 5.60. The predicted octanol–water partition coefficient (Wildman–Crippen LogP) is 1.04. The monoisotopic (exact) mass is 219 g/mol. The maximum absolute atomic E-state index is 12.1. The average molecular weight is 219 g/mol. The van der Waals surface area contributed by atoms with Crippen LogP contribution in [0.2, 0.25) is 0 Å². The second-order valence-corrected chi connectivity index (χ2v) is 4.13. The third-order valence-electron chi connectivity index (χ3n) is 2.97. The molecule has 1 aromatic heterocycles. The summed E-state index contributed by atoms with van der Waals surface area (Å²) in [5, 5.41) is 3.25. The number of amides is 1. The third-order valence-corrected chi connectivity index (χ3v) is 2.97. The Morgan fingerprint density at radius 3 is 3.06 bits per heavy atom. The number of hydrogen-bond donors (Lipinski definition) is 1. The number of carbonyl (C=O) groups is 1. The molecule has 86 valence electrons. The van der Waals surface area contributed by atoms with Gasteiger partial charge in [-0.05, 0) is 31.5 Å². The summed E-state index contributed by atoms with van der Waals surface area (Å²) in [6.07, 6.45) is 3.76. The van der Waals surface area contributed by atoms with Crippen molar-refractivity contribution >= 4 is 11.7 Å².